The Balaban J connectivity index is 1.62. The molecule has 1 amide bonds. The third kappa shape index (κ3) is 3.79. The van der Waals surface area contributed by atoms with Gasteiger partial charge in [-0.05, 0) is 42.5 Å². The van der Waals surface area contributed by atoms with Crippen molar-refractivity contribution in [2.24, 2.45) is 0 Å². The number of aromatic nitrogens is 4. The van der Waals surface area contributed by atoms with Crippen molar-refractivity contribution < 1.29 is 18.0 Å². The number of carbonyl (C=O) groups is 1. The first-order chi connectivity index (χ1) is 13.8. The summed E-state index contributed by atoms with van der Waals surface area (Å²) in [6, 6.07) is 13.0. The van der Waals surface area contributed by atoms with Crippen LogP contribution >= 0.6 is 12.2 Å². The molecule has 0 spiro atoms. The van der Waals surface area contributed by atoms with Crippen molar-refractivity contribution >= 4 is 34.8 Å². The highest BCUT2D eigenvalue weighted by molar-refractivity contribution is 7.71. The summed E-state index contributed by atoms with van der Waals surface area (Å²) in [7, 11) is 0. The molecule has 0 bridgehead atoms. The molecule has 0 saturated carbocycles. The number of rotatable bonds is 4. The minimum atomic E-state index is -4.68. The van der Waals surface area contributed by atoms with Crippen LogP contribution in [0.25, 0.3) is 16.7 Å². The maximum Gasteiger partial charge on any atom is 0.449 e. The molecule has 0 unspecified atom stereocenters. The Morgan fingerprint density at radius 3 is 2.69 bits per heavy atom. The van der Waals surface area contributed by atoms with E-state index in [0.717, 1.165) is 4.57 Å². The number of H-pyrrole nitrogens is 1. The summed E-state index contributed by atoms with van der Waals surface area (Å²) < 4.78 is 43.2. The number of aromatic amines is 1. The van der Waals surface area contributed by atoms with E-state index in [9.17, 15) is 18.0 Å². The number of amides is 1. The van der Waals surface area contributed by atoms with Crippen molar-refractivity contribution in [1.82, 2.24) is 19.1 Å². The number of fused-ring (bicyclic) bond motifs is 1. The van der Waals surface area contributed by atoms with Gasteiger partial charge in [-0.3, -0.25) is 9.36 Å². The van der Waals surface area contributed by atoms with Gasteiger partial charge in [0.25, 0.3) is 0 Å². The second-order valence-electron chi connectivity index (χ2n) is 6.24. The van der Waals surface area contributed by atoms with Gasteiger partial charge in [0.15, 0.2) is 4.77 Å². The average Bonchev–Trinajstić information content (AvgIpc) is 3.26. The molecule has 29 heavy (non-hydrogen) atoms. The summed E-state index contributed by atoms with van der Waals surface area (Å²) in [6.45, 7) is -0.525. The minimum absolute atomic E-state index is 0.177. The quantitative estimate of drug-likeness (QED) is 0.479. The van der Waals surface area contributed by atoms with Crippen LogP contribution in [0, 0.1) is 4.77 Å². The number of hydrogen-bond acceptors (Lipinski definition) is 3. The zero-order valence-corrected chi connectivity index (χ0v) is 15.6. The van der Waals surface area contributed by atoms with E-state index in [2.05, 4.69) is 15.3 Å². The molecule has 6 nitrogen and oxygen atoms in total. The largest absolute Gasteiger partial charge is 0.449 e. The summed E-state index contributed by atoms with van der Waals surface area (Å²) in [6.07, 6.45) is -1.27. The Hall–Kier alpha value is -3.40. The number of hydrogen-bond donors (Lipinski definition) is 2. The van der Waals surface area contributed by atoms with Gasteiger partial charge in [0, 0.05) is 23.8 Å². The number of carbonyl (C=O) groups excluding carboxylic acids is 1. The normalized spacial score (nSPS) is 11.7. The third-order valence-corrected chi connectivity index (χ3v) is 4.58. The molecule has 0 saturated heterocycles. The lowest BCUT2D eigenvalue weighted by atomic mass is 10.2. The fourth-order valence-corrected chi connectivity index (χ4v) is 3.29. The van der Waals surface area contributed by atoms with E-state index in [-0.39, 0.29) is 11.0 Å². The van der Waals surface area contributed by atoms with Crippen molar-refractivity contribution in [3.63, 3.8) is 0 Å². The zero-order chi connectivity index (χ0) is 20.6. The Morgan fingerprint density at radius 1 is 1.17 bits per heavy atom. The maximum absolute atomic E-state index is 13.4. The number of benzene rings is 2. The lowest BCUT2D eigenvalue weighted by Crippen LogP contribution is -2.23. The number of anilines is 1. The number of imidazole rings is 2. The Morgan fingerprint density at radius 2 is 1.97 bits per heavy atom. The third-order valence-electron chi connectivity index (χ3n) is 4.27. The minimum Gasteiger partial charge on any atom is -0.337 e. The van der Waals surface area contributed by atoms with Crippen molar-refractivity contribution in [2.75, 3.05) is 5.32 Å². The first kappa shape index (κ1) is 18.9. The highest BCUT2D eigenvalue weighted by Gasteiger charge is 2.38. The van der Waals surface area contributed by atoms with E-state index in [1.54, 1.807) is 53.4 Å². The molecule has 0 aliphatic heterocycles. The maximum atomic E-state index is 13.4. The molecule has 2 aromatic carbocycles. The van der Waals surface area contributed by atoms with Gasteiger partial charge >= 0.3 is 6.18 Å². The molecule has 4 rings (SSSR count). The highest BCUT2D eigenvalue weighted by Crippen LogP contribution is 2.31. The molecule has 4 aromatic rings. The van der Waals surface area contributed by atoms with E-state index in [1.165, 1.54) is 12.1 Å². The van der Waals surface area contributed by atoms with Gasteiger partial charge in [-0.2, -0.15) is 13.2 Å². The molecule has 0 radical (unpaired) electrons. The van der Waals surface area contributed by atoms with E-state index >= 15 is 0 Å². The van der Waals surface area contributed by atoms with E-state index in [0.29, 0.717) is 16.1 Å². The van der Waals surface area contributed by atoms with E-state index < -0.39 is 24.5 Å². The number of alkyl halides is 3. The summed E-state index contributed by atoms with van der Waals surface area (Å²) in [5.74, 6) is -1.71. The van der Waals surface area contributed by atoms with Crippen molar-refractivity contribution in [1.29, 1.82) is 0 Å². The summed E-state index contributed by atoms with van der Waals surface area (Å²) >= 11 is 5.17. The molecule has 0 atom stereocenters. The highest BCUT2D eigenvalue weighted by atomic mass is 32.1. The zero-order valence-electron chi connectivity index (χ0n) is 14.8. The van der Waals surface area contributed by atoms with Crippen molar-refractivity contribution in [3.8, 4) is 5.69 Å². The Labute approximate surface area is 167 Å². The van der Waals surface area contributed by atoms with Crippen LogP contribution in [0.5, 0.6) is 0 Å². The monoisotopic (exact) mass is 417 g/mol. The number of nitrogens with one attached hydrogen (secondary N) is 2. The van der Waals surface area contributed by atoms with Gasteiger partial charge in [-0.15, -0.1) is 0 Å². The van der Waals surface area contributed by atoms with Crippen LogP contribution < -0.4 is 5.32 Å². The van der Waals surface area contributed by atoms with Gasteiger partial charge in [0.05, 0.1) is 11.0 Å². The standard InChI is InChI=1S/C19H14F3N5OS/c20-19(21,22)17-25-14-6-1-2-7-15(14)27(17)11-16(28)24-12-4-3-5-13(10-12)26-9-8-23-18(26)29/h1-10H,11H2,(H,23,29)(H,24,28). The lowest BCUT2D eigenvalue weighted by molar-refractivity contribution is -0.147. The Kier molecular flexibility index (Phi) is 4.71. The van der Waals surface area contributed by atoms with Crippen LogP contribution in [-0.4, -0.2) is 25.0 Å². The van der Waals surface area contributed by atoms with Crippen molar-refractivity contribution in [2.45, 2.75) is 12.7 Å². The SMILES string of the molecule is O=C(Cn1c(C(F)(F)F)nc2ccccc21)Nc1cccc(-n2cc[nH]c2=S)c1. The van der Waals surface area contributed by atoms with Gasteiger partial charge in [-0.25, -0.2) is 4.98 Å². The smallest absolute Gasteiger partial charge is 0.337 e. The fraction of sp³-hybridized carbons (Fsp3) is 0.105. The Bertz CT molecular complexity index is 1250. The first-order valence-electron chi connectivity index (χ1n) is 8.52. The van der Waals surface area contributed by atoms with Crippen LogP contribution in [0.15, 0.2) is 60.9 Å². The van der Waals surface area contributed by atoms with Crippen LogP contribution in [0.4, 0.5) is 18.9 Å². The van der Waals surface area contributed by atoms with Gasteiger partial charge < -0.3 is 14.9 Å². The van der Waals surface area contributed by atoms with Gasteiger partial charge in [-0.1, -0.05) is 18.2 Å². The first-order valence-corrected chi connectivity index (χ1v) is 8.92. The number of halogens is 3. The predicted octanol–water partition coefficient (Wildman–Crippen LogP) is 4.54. The van der Waals surface area contributed by atoms with E-state index in [4.69, 9.17) is 12.2 Å². The van der Waals surface area contributed by atoms with Gasteiger partial charge in [0.1, 0.15) is 6.54 Å². The molecule has 0 fully saturated rings. The predicted molar refractivity (Wildman–Crippen MR) is 104 cm³/mol. The molecule has 10 heteroatoms. The number of para-hydroxylation sites is 2. The van der Waals surface area contributed by atoms with Crippen molar-refractivity contribution in [3.05, 3.63) is 71.5 Å². The fourth-order valence-electron chi connectivity index (χ4n) is 3.05. The van der Waals surface area contributed by atoms with Crippen LogP contribution in [0.3, 0.4) is 0 Å². The lowest BCUT2D eigenvalue weighted by Gasteiger charge is -2.12. The molecule has 0 aliphatic carbocycles. The van der Waals surface area contributed by atoms with Crippen LogP contribution in [0.2, 0.25) is 0 Å². The number of nitrogens with zero attached hydrogens (tertiary/aromatic N) is 3. The second-order valence-corrected chi connectivity index (χ2v) is 6.63. The second kappa shape index (κ2) is 7.21. The van der Waals surface area contributed by atoms with Crippen LogP contribution in [0.1, 0.15) is 5.82 Å². The molecule has 2 heterocycles. The summed E-state index contributed by atoms with van der Waals surface area (Å²) in [5, 5.41) is 2.63. The summed E-state index contributed by atoms with van der Waals surface area (Å²) in [5.41, 5.74) is 1.56. The van der Waals surface area contributed by atoms with E-state index in [1.807, 2.05) is 0 Å². The molecular weight excluding hydrogens is 403 g/mol. The molecule has 2 N–H and O–H groups in total. The summed E-state index contributed by atoms with van der Waals surface area (Å²) in [4.78, 5) is 19.0. The molecular formula is C19H14F3N5OS. The van der Waals surface area contributed by atoms with Crippen LogP contribution in [-0.2, 0) is 17.5 Å². The molecule has 0 aliphatic rings. The average molecular weight is 417 g/mol. The molecule has 2 aromatic heterocycles. The van der Waals surface area contributed by atoms with Gasteiger partial charge in [0.2, 0.25) is 11.7 Å². The molecule has 148 valence electrons. The topological polar surface area (TPSA) is 67.6 Å².